The molecule has 6 nitrogen and oxygen atoms in total. The SMILES string of the molecule is O=C(NNC(=S)NCC1CCCO1)NC1CCCCC1. The second kappa shape index (κ2) is 8.26. The van der Waals surface area contributed by atoms with Crippen LogP contribution in [0.4, 0.5) is 4.79 Å². The van der Waals surface area contributed by atoms with Crippen molar-refractivity contribution < 1.29 is 9.53 Å². The van der Waals surface area contributed by atoms with Crippen LogP contribution in [0.25, 0.3) is 0 Å². The highest BCUT2D eigenvalue weighted by Crippen LogP contribution is 2.17. The molecule has 0 aromatic carbocycles. The molecule has 0 radical (unpaired) electrons. The molecule has 1 saturated carbocycles. The zero-order chi connectivity index (χ0) is 14.2. The average Bonchev–Trinajstić information content (AvgIpc) is 2.97. The van der Waals surface area contributed by atoms with E-state index < -0.39 is 0 Å². The van der Waals surface area contributed by atoms with Crippen molar-refractivity contribution >= 4 is 23.4 Å². The van der Waals surface area contributed by atoms with E-state index in [4.69, 9.17) is 17.0 Å². The summed E-state index contributed by atoms with van der Waals surface area (Å²) in [4.78, 5) is 11.7. The van der Waals surface area contributed by atoms with Crippen molar-refractivity contribution in [3.8, 4) is 0 Å². The molecule has 2 amide bonds. The Morgan fingerprint density at radius 3 is 2.60 bits per heavy atom. The summed E-state index contributed by atoms with van der Waals surface area (Å²) >= 11 is 5.09. The minimum Gasteiger partial charge on any atom is -0.376 e. The van der Waals surface area contributed by atoms with E-state index >= 15 is 0 Å². The van der Waals surface area contributed by atoms with Gasteiger partial charge in [0.25, 0.3) is 0 Å². The highest BCUT2D eigenvalue weighted by Gasteiger charge is 2.16. The summed E-state index contributed by atoms with van der Waals surface area (Å²) in [6.45, 7) is 1.51. The van der Waals surface area contributed by atoms with E-state index in [1.54, 1.807) is 0 Å². The molecular weight excluding hydrogens is 276 g/mol. The van der Waals surface area contributed by atoms with Gasteiger partial charge in [-0.15, -0.1) is 0 Å². The Morgan fingerprint density at radius 1 is 1.10 bits per heavy atom. The Balaban J connectivity index is 1.53. The lowest BCUT2D eigenvalue weighted by molar-refractivity contribution is 0.114. The smallest absolute Gasteiger partial charge is 0.333 e. The number of carbonyl (C=O) groups excluding carboxylic acids is 1. The van der Waals surface area contributed by atoms with Gasteiger partial charge in [-0.1, -0.05) is 19.3 Å². The molecule has 0 aromatic heterocycles. The fraction of sp³-hybridized carbons (Fsp3) is 0.846. The van der Waals surface area contributed by atoms with Crippen LogP contribution in [-0.2, 0) is 4.74 Å². The first kappa shape index (κ1) is 15.3. The second-order valence-electron chi connectivity index (χ2n) is 5.40. The number of hydrogen-bond acceptors (Lipinski definition) is 3. The van der Waals surface area contributed by atoms with Gasteiger partial charge >= 0.3 is 6.03 Å². The third-order valence-electron chi connectivity index (χ3n) is 3.74. The Bertz CT molecular complexity index is 328. The number of thiocarbonyl (C=S) groups is 1. The Hall–Kier alpha value is -1.08. The third kappa shape index (κ3) is 5.50. The van der Waals surface area contributed by atoms with Crippen LogP contribution in [0.15, 0.2) is 0 Å². The van der Waals surface area contributed by atoms with Crippen molar-refractivity contribution in [1.82, 2.24) is 21.5 Å². The van der Waals surface area contributed by atoms with Gasteiger partial charge in [-0.2, -0.15) is 0 Å². The van der Waals surface area contributed by atoms with Gasteiger partial charge in [0.1, 0.15) is 0 Å². The first-order valence-corrected chi connectivity index (χ1v) is 7.87. The molecule has 1 aliphatic carbocycles. The summed E-state index contributed by atoms with van der Waals surface area (Å²) in [5.41, 5.74) is 5.26. The van der Waals surface area contributed by atoms with Crippen LogP contribution >= 0.6 is 12.2 Å². The maximum atomic E-state index is 11.7. The van der Waals surface area contributed by atoms with E-state index in [1.165, 1.54) is 19.3 Å². The summed E-state index contributed by atoms with van der Waals surface area (Å²) in [7, 11) is 0. The molecule has 1 aliphatic heterocycles. The molecule has 2 rings (SSSR count). The van der Waals surface area contributed by atoms with E-state index in [1.807, 2.05) is 0 Å². The number of urea groups is 1. The molecule has 20 heavy (non-hydrogen) atoms. The third-order valence-corrected chi connectivity index (χ3v) is 3.99. The van der Waals surface area contributed by atoms with E-state index in [0.29, 0.717) is 17.7 Å². The predicted octanol–water partition coefficient (Wildman–Crippen LogP) is 1.18. The topological polar surface area (TPSA) is 74.4 Å². The fourth-order valence-electron chi connectivity index (χ4n) is 2.64. The summed E-state index contributed by atoms with van der Waals surface area (Å²) in [5.74, 6) is 0. The molecular formula is C13H24N4O2S. The number of rotatable bonds is 3. The van der Waals surface area contributed by atoms with Gasteiger partial charge in [0.2, 0.25) is 0 Å². The first-order chi connectivity index (χ1) is 9.74. The number of carbonyl (C=O) groups is 1. The van der Waals surface area contributed by atoms with Crippen molar-refractivity contribution in [3.05, 3.63) is 0 Å². The number of ether oxygens (including phenoxy) is 1. The van der Waals surface area contributed by atoms with Crippen molar-refractivity contribution in [3.63, 3.8) is 0 Å². The Labute approximate surface area is 125 Å². The van der Waals surface area contributed by atoms with Crippen LogP contribution in [0.2, 0.25) is 0 Å². The van der Waals surface area contributed by atoms with Crippen molar-refractivity contribution in [2.45, 2.75) is 57.1 Å². The van der Waals surface area contributed by atoms with E-state index in [9.17, 15) is 4.79 Å². The molecule has 0 aromatic rings. The Kier molecular flexibility index (Phi) is 6.32. The van der Waals surface area contributed by atoms with Gasteiger partial charge in [-0.25, -0.2) is 10.2 Å². The monoisotopic (exact) mass is 300 g/mol. The Morgan fingerprint density at radius 2 is 1.90 bits per heavy atom. The lowest BCUT2D eigenvalue weighted by Crippen LogP contribution is -2.53. The zero-order valence-electron chi connectivity index (χ0n) is 11.7. The molecule has 0 bridgehead atoms. The summed E-state index contributed by atoms with van der Waals surface area (Å²) < 4.78 is 5.48. The summed E-state index contributed by atoms with van der Waals surface area (Å²) in [5, 5.41) is 6.40. The normalized spacial score (nSPS) is 23.1. The maximum absolute atomic E-state index is 11.7. The minimum atomic E-state index is -0.224. The molecule has 1 unspecified atom stereocenters. The first-order valence-electron chi connectivity index (χ1n) is 7.46. The quantitative estimate of drug-likeness (QED) is 0.465. The van der Waals surface area contributed by atoms with Crippen LogP contribution in [0.1, 0.15) is 44.9 Å². The number of hydrogen-bond donors (Lipinski definition) is 4. The molecule has 2 fully saturated rings. The van der Waals surface area contributed by atoms with Crippen LogP contribution in [0, 0.1) is 0 Å². The van der Waals surface area contributed by atoms with Gasteiger partial charge in [0.05, 0.1) is 6.10 Å². The lowest BCUT2D eigenvalue weighted by Gasteiger charge is -2.23. The number of hydrazine groups is 1. The van der Waals surface area contributed by atoms with Crippen LogP contribution in [0.3, 0.4) is 0 Å². The summed E-state index contributed by atoms with van der Waals surface area (Å²) in [6, 6.07) is 0.0668. The highest BCUT2D eigenvalue weighted by molar-refractivity contribution is 7.80. The number of nitrogens with one attached hydrogen (secondary N) is 4. The standard InChI is InChI=1S/C13H24N4O2S/c18-12(15-10-5-2-1-3-6-10)16-17-13(20)14-9-11-7-4-8-19-11/h10-11H,1-9H2,(H2,14,17,20)(H2,15,16,18). The molecule has 7 heteroatoms. The van der Waals surface area contributed by atoms with Crippen molar-refractivity contribution in [1.29, 1.82) is 0 Å². The van der Waals surface area contributed by atoms with Gasteiger partial charge in [-0.3, -0.25) is 5.43 Å². The molecule has 0 spiro atoms. The van der Waals surface area contributed by atoms with Gasteiger partial charge in [0.15, 0.2) is 5.11 Å². The molecule has 4 N–H and O–H groups in total. The van der Waals surface area contributed by atoms with E-state index in [2.05, 4.69) is 21.5 Å². The molecule has 1 atom stereocenters. The molecule has 1 saturated heterocycles. The van der Waals surface area contributed by atoms with E-state index in [-0.39, 0.29) is 12.1 Å². The van der Waals surface area contributed by atoms with Crippen LogP contribution in [0.5, 0.6) is 0 Å². The molecule has 2 aliphatic rings. The fourth-order valence-corrected chi connectivity index (χ4v) is 2.77. The van der Waals surface area contributed by atoms with Gasteiger partial charge in [-0.05, 0) is 37.9 Å². The van der Waals surface area contributed by atoms with Gasteiger partial charge in [0, 0.05) is 19.2 Å². The van der Waals surface area contributed by atoms with Crippen molar-refractivity contribution in [2.24, 2.45) is 0 Å². The van der Waals surface area contributed by atoms with Crippen LogP contribution < -0.4 is 21.5 Å². The van der Waals surface area contributed by atoms with E-state index in [0.717, 1.165) is 32.3 Å². The largest absolute Gasteiger partial charge is 0.376 e. The molecule has 114 valence electrons. The van der Waals surface area contributed by atoms with Crippen LogP contribution in [-0.4, -0.2) is 36.4 Å². The predicted molar refractivity (Wildman–Crippen MR) is 81.3 cm³/mol. The maximum Gasteiger partial charge on any atom is 0.333 e. The molecule has 1 heterocycles. The number of amides is 2. The second-order valence-corrected chi connectivity index (χ2v) is 5.81. The lowest BCUT2D eigenvalue weighted by atomic mass is 9.96. The average molecular weight is 300 g/mol. The zero-order valence-corrected chi connectivity index (χ0v) is 12.6. The minimum absolute atomic E-state index is 0.224. The van der Waals surface area contributed by atoms with Gasteiger partial charge < -0.3 is 15.4 Å². The summed E-state index contributed by atoms with van der Waals surface area (Å²) in [6.07, 6.45) is 8.18. The highest BCUT2D eigenvalue weighted by atomic mass is 32.1. The van der Waals surface area contributed by atoms with Crippen molar-refractivity contribution in [2.75, 3.05) is 13.2 Å².